The number of nitrogens with one attached hydrogen (secondary N) is 3. The lowest BCUT2D eigenvalue weighted by molar-refractivity contribution is -0.135. The predicted molar refractivity (Wildman–Crippen MR) is 97.5 cm³/mol. The van der Waals surface area contributed by atoms with E-state index in [4.69, 9.17) is 4.42 Å². The second-order valence-corrected chi connectivity index (χ2v) is 6.78. The molecule has 1 aromatic heterocycles. The van der Waals surface area contributed by atoms with Gasteiger partial charge >= 0.3 is 0 Å². The number of carbonyl (C=O) groups excluding carboxylic acids is 3. The third kappa shape index (κ3) is 5.61. The molecule has 0 aromatic carbocycles. The Kier molecular flexibility index (Phi) is 7.69. The van der Waals surface area contributed by atoms with E-state index in [0.29, 0.717) is 19.4 Å². The molecule has 1 fully saturated rings. The van der Waals surface area contributed by atoms with Crippen molar-refractivity contribution in [2.45, 2.75) is 63.8 Å². The van der Waals surface area contributed by atoms with Crippen molar-refractivity contribution >= 4 is 17.7 Å². The number of furan rings is 1. The summed E-state index contributed by atoms with van der Waals surface area (Å²) in [5, 5.41) is 8.54. The lowest BCUT2D eigenvalue weighted by Gasteiger charge is -2.36. The lowest BCUT2D eigenvalue weighted by Crippen LogP contribution is -2.60. The molecule has 1 heterocycles. The average Bonchev–Trinajstić information content (AvgIpc) is 3.17. The van der Waals surface area contributed by atoms with Crippen molar-refractivity contribution in [1.29, 1.82) is 0 Å². The average molecular weight is 363 g/mol. The monoisotopic (exact) mass is 363 g/mol. The van der Waals surface area contributed by atoms with Crippen molar-refractivity contribution in [3.8, 4) is 0 Å². The molecule has 0 unspecified atom stereocenters. The van der Waals surface area contributed by atoms with Crippen LogP contribution in [0, 0.1) is 0 Å². The number of carbonyl (C=O) groups is 3. The molecular weight excluding hydrogens is 334 g/mol. The quantitative estimate of drug-likeness (QED) is 0.585. The molecule has 1 aliphatic carbocycles. The normalized spacial score (nSPS) is 15.9. The fourth-order valence-electron chi connectivity index (χ4n) is 3.23. The minimum Gasteiger partial charge on any atom is -0.459 e. The van der Waals surface area contributed by atoms with Crippen molar-refractivity contribution in [3.63, 3.8) is 0 Å². The zero-order valence-corrected chi connectivity index (χ0v) is 15.4. The van der Waals surface area contributed by atoms with Gasteiger partial charge in [0.15, 0.2) is 5.76 Å². The second-order valence-electron chi connectivity index (χ2n) is 6.78. The van der Waals surface area contributed by atoms with Gasteiger partial charge in [-0.1, -0.05) is 32.6 Å². The van der Waals surface area contributed by atoms with Crippen molar-refractivity contribution < 1.29 is 18.8 Å². The number of hydrogen-bond donors (Lipinski definition) is 3. The Labute approximate surface area is 154 Å². The summed E-state index contributed by atoms with van der Waals surface area (Å²) in [6, 6.07) is 3.19. The van der Waals surface area contributed by atoms with Crippen LogP contribution >= 0.6 is 0 Å². The number of hydrogen-bond acceptors (Lipinski definition) is 4. The highest BCUT2D eigenvalue weighted by atomic mass is 16.3. The number of unbranched alkanes of at least 4 members (excludes halogenated alkanes) is 1. The molecule has 144 valence electrons. The van der Waals surface area contributed by atoms with Gasteiger partial charge in [0.05, 0.1) is 6.26 Å². The van der Waals surface area contributed by atoms with Gasteiger partial charge in [-0.15, -0.1) is 0 Å². The van der Waals surface area contributed by atoms with Gasteiger partial charge in [0.25, 0.3) is 5.91 Å². The second kappa shape index (κ2) is 9.99. The summed E-state index contributed by atoms with van der Waals surface area (Å²) < 4.78 is 5.00. The zero-order chi connectivity index (χ0) is 18.8. The Morgan fingerprint density at radius 1 is 1.12 bits per heavy atom. The Morgan fingerprint density at radius 3 is 2.54 bits per heavy atom. The largest absolute Gasteiger partial charge is 0.459 e. The molecule has 0 aliphatic heterocycles. The molecule has 1 aliphatic rings. The van der Waals surface area contributed by atoms with Gasteiger partial charge in [0.1, 0.15) is 5.54 Å². The van der Waals surface area contributed by atoms with E-state index in [-0.39, 0.29) is 36.4 Å². The first-order chi connectivity index (χ1) is 12.6. The van der Waals surface area contributed by atoms with Gasteiger partial charge in [-0.25, -0.2) is 0 Å². The molecule has 0 atom stereocenters. The van der Waals surface area contributed by atoms with Crippen molar-refractivity contribution in [2.75, 3.05) is 13.1 Å². The van der Waals surface area contributed by atoms with Crippen LogP contribution in [0.25, 0.3) is 0 Å². The van der Waals surface area contributed by atoms with Crippen molar-refractivity contribution in [1.82, 2.24) is 16.0 Å². The minimum atomic E-state index is -0.811. The van der Waals surface area contributed by atoms with E-state index in [1.54, 1.807) is 12.1 Å². The highest BCUT2D eigenvalue weighted by Gasteiger charge is 2.40. The third-order valence-electron chi connectivity index (χ3n) is 4.72. The number of rotatable bonds is 9. The molecule has 1 aromatic rings. The fourth-order valence-corrected chi connectivity index (χ4v) is 3.23. The van der Waals surface area contributed by atoms with Crippen molar-refractivity contribution in [3.05, 3.63) is 24.2 Å². The maximum atomic E-state index is 12.7. The summed E-state index contributed by atoms with van der Waals surface area (Å²) in [5.74, 6) is -0.451. The summed E-state index contributed by atoms with van der Waals surface area (Å²) >= 11 is 0. The summed E-state index contributed by atoms with van der Waals surface area (Å²) in [4.78, 5) is 36.8. The van der Waals surface area contributed by atoms with Gasteiger partial charge in [-0.05, 0) is 31.4 Å². The highest BCUT2D eigenvalue weighted by Crippen LogP contribution is 2.28. The summed E-state index contributed by atoms with van der Waals surface area (Å²) in [7, 11) is 0. The van der Waals surface area contributed by atoms with E-state index >= 15 is 0 Å². The Morgan fingerprint density at radius 2 is 1.88 bits per heavy atom. The van der Waals surface area contributed by atoms with Crippen LogP contribution in [0.15, 0.2) is 22.8 Å². The Hall–Kier alpha value is -2.31. The van der Waals surface area contributed by atoms with Crippen LogP contribution in [0.4, 0.5) is 0 Å². The molecule has 0 bridgehead atoms. The standard InChI is InChI=1S/C19H29N3O4/c1-2-3-12-21-18(25)19(10-5-4-6-11-19)22-16(23)9-13-20-17(24)15-8-7-14-26-15/h7-8,14H,2-6,9-13H2,1H3,(H,20,24)(H,21,25)(H,22,23). The van der Waals surface area contributed by atoms with Gasteiger partial charge in [0.2, 0.25) is 11.8 Å². The van der Waals surface area contributed by atoms with Crippen LogP contribution in [-0.2, 0) is 9.59 Å². The Balaban J connectivity index is 1.83. The van der Waals surface area contributed by atoms with Gasteiger partial charge < -0.3 is 20.4 Å². The van der Waals surface area contributed by atoms with Crippen LogP contribution in [0.3, 0.4) is 0 Å². The SMILES string of the molecule is CCCCNC(=O)C1(NC(=O)CCNC(=O)c2ccco2)CCCCC1. The van der Waals surface area contributed by atoms with E-state index in [1.165, 1.54) is 6.26 Å². The van der Waals surface area contributed by atoms with E-state index in [9.17, 15) is 14.4 Å². The maximum absolute atomic E-state index is 12.7. The summed E-state index contributed by atoms with van der Waals surface area (Å²) in [6.45, 7) is 2.90. The topological polar surface area (TPSA) is 100 Å². The zero-order valence-electron chi connectivity index (χ0n) is 15.4. The lowest BCUT2D eigenvalue weighted by atomic mass is 9.80. The first-order valence-corrected chi connectivity index (χ1v) is 9.48. The van der Waals surface area contributed by atoms with Gasteiger partial charge in [-0.2, -0.15) is 0 Å². The Bertz CT molecular complexity index is 592. The van der Waals surface area contributed by atoms with Crippen LogP contribution in [0.2, 0.25) is 0 Å². The van der Waals surface area contributed by atoms with E-state index in [1.807, 2.05) is 0 Å². The third-order valence-corrected chi connectivity index (χ3v) is 4.72. The van der Waals surface area contributed by atoms with Gasteiger partial charge in [-0.3, -0.25) is 14.4 Å². The summed E-state index contributed by atoms with van der Waals surface area (Å²) in [5.41, 5.74) is -0.811. The van der Waals surface area contributed by atoms with E-state index in [2.05, 4.69) is 22.9 Å². The minimum absolute atomic E-state index is 0.0846. The van der Waals surface area contributed by atoms with Crippen molar-refractivity contribution in [2.24, 2.45) is 0 Å². The van der Waals surface area contributed by atoms with E-state index in [0.717, 1.165) is 32.1 Å². The fraction of sp³-hybridized carbons (Fsp3) is 0.632. The molecule has 3 N–H and O–H groups in total. The molecule has 7 nitrogen and oxygen atoms in total. The van der Waals surface area contributed by atoms with E-state index < -0.39 is 5.54 Å². The molecule has 26 heavy (non-hydrogen) atoms. The first-order valence-electron chi connectivity index (χ1n) is 9.48. The smallest absolute Gasteiger partial charge is 0.286 e. The molecular formula is C19H29N3O4. The van der Waals surface area contributed by atoms with Crippen LogP contribution in [-0.4, -0.2) is 36.3 Å². The number of amides is 3. The maximum Gasteiger partial charge on any atom is 0.286 e. The molecule has 0 saturated heterocycles. The molecule has 2 rings (SSSR count). The van der Waals surface area contributed by atoms with Crippen LogP contribution < -0.4 is 16.0 Å². The highest BCUT2D eigenvalue weighted by molar-refractivity contribution is 5.93. The molecule has 0 radical (unpaired) electrons. The van der Waals surface area contributed by atoms with Gasteiger partial charge in [0, 0.05) is 19.5 Å². The first kappa shape index (κ1) is 20.0. The molecule has 3 amide bonds. The summed E-state index contributed by atoms with van der Waals surface area (Å²) in [6.07, 6.45) is 7.74. The molecule has 1 saturated carbocycles. The molecule has 0 spiro atoms. The molecule has 7 heteroatoms. The predicted octanol–water partition coefficient (Wildman–Crippen LogP) is 2.13. The van der Waals surface area contributed by atoms with Crippen LogP contribution in [0.5, 0.6) is 0 Å². The van der Waals surface area contributed by atoms with Crippen LogP contribution in [0.1, 0.15) is 68.8 Å².